The van der Waals surface area contributed by atoms with E-state index >= 15 is 0 Å². The van der Waals surface area contributed by atoms with Gasteiger partial charge in [0, 0.05) is 5.56 Å². The monoisotopic (exact) mass is 288 g/mol. The first-order valence-corrected chi connectivity index (χ1v) is 6.75. The summed E-state index contributed by atoms with van der Waals surface area (Å²) in [5.41, 5.74) is 0.887. The summed E-state index contributed by atoms with van der Waals surface area (Å²) in [5, 5.41) is 0. The molecule has 0 N–H and O–H groups in total. The van der Waals surface area contributed by atoms with Crippen LogP contribution >= 0.6 is 0 Å². The van der Waals surface area contributed by atoms with E-state index in [1.54, 1.807) is 7.11 Å². The number of ether oxygens (including phenoxy) is 3. The fourth-order valence-corrected chi connectivity index (χ4v) is 1.53. The molecule has 0 aliphatic carbocycles. The van der Waals surface area contributed by atoms with Crippen molar-refractivity contribution in [2.45, 2.75) is 25.9 Å². The van der Waals surface area contributed by atoms with Gasteiger partial charge in [-0.25, -0.2) is 4.79 Å². The molecule has 112 valence electrons. The van der Waals surface area contributed by atoms with Crippen LogP contribution in [0.5, 0.6) is 5.75 Å². The molecule has 0 aromatic heterocycles. The number of carbonyl (C=O) groups excluding carboxylic acids is 1. The average molecular weight is 288 g/mol. The molecule has 0 spiro atoms. The second-order valence-electron chi connectivity index (χ2n) is 4.24. The van der Waals surface area contributed by atoms with Gasteiger partial charge in [0.1, 0.15) is 5.75 Å². The van der Waals surface area contributed by atoms with Gasteiger partial charge in [-0.05, 0) is 30.7 Å². The van der Waals surface area contributed by atoms with Crippen LogP contribution in [0.4, 0.5) is 0 Å². The van der Waals surface area contributed by atoms with Crippen molar-refractivity contribution >= 4 is 5.97 Å². The normalized spacial score (nSPS) is 11.4. The molecule has 0 amide bonds. The van der Waals surface area contributed by atoms with Crippen molar-refractivity contribution in [2.75, 3.05) is 14.2 Å². The summed E-state index contributed by atoms with van der Waals surface area (Å²) in [5.74, 6) is 6.45. The Bertz CT molecular complexity index is 520. The summed E-state index contributed by atoms with van der Waals surface area (Å²) in [4.78, 5) is 11.0. The molecule has 4 nitrogen and oxygen atoms in total. The maximum absolute atomic E-state index is 11.0. The highest BCUT2D eigenvalue weighted by Crippen LogP contribution is 2.10. The highest BCUT2D eigenvalue weighted by Gasteiger charge is 2.02. The van der Waals surface area contributed by atoms with E-state index in [0.717, 1.165) is 24.2 Å². The quantitative estimate of drug-likeness (QED) is 0.349. The van der Waals surface area contributed by atoms with Gasteiger partial charge in [-0.3, -0.25) is 0 Å². The van der Waals surface area contributed by atoms with E-state index in [2.05, 4.69) is 23.5 Å². The Morgan fingerprint density at radius 1 is 1.29 bits per heavy atom. The van der Waals surface area contributed by atoms with Gasteiger partial charge in [0.15, 0.2) is 6.10 Å². The number of benzene rings is 1. The Morgan fingerprint density at radius 3 is 2.57 bits per heavy atom. The molecular formula is C17H20O4. The van der Waals surface area contributed by atoms with Gasteiger partial charge in [0.25, 0.3) is 0 Å². The molecule has 0 saturated carbocycles. The fourth-order valence-electron chi connectivity index (χ4n) is 1.53. The van der Waals surface area contributed by atoms with Gasteiger partial charge < -0.3 is 14.2 Å². The van der Waals surface area contributed by atoms with E-state index in [-0.39, 0.29) is 6.10 Å². The molecule has 0 heterocycles. The maximum atomic E-state index is 11.0. The third-order valence-electron chi connectivity index (χ3n) is 2.67. The molecule has 0 aliphatic rings. The molecule has 1 atom stereocenters. The van der Waals surface area contributed by atoms with Gasteiger partial charge in [-0.15, -0.1) is 0 Å². The third-order valence-corrected chi connectivity index (χ3v) is 2.67. The van der Waals surface area contributed by atoms with Crippen LogP contribution in [0.1, 0.15) is 25.3 Å². The first-order valence-electron chi connectivity index (χ1n) is 6.75. The predicted octanol–water partition coefficient (Wildman–Crippen LogP) is 2.92. The highest BCUT2D eigenvalue weighted by atomic mass is 16.5. The van der Waals surface area contributed by atoms with E-state index in [1.807, 2.05) is 24.3 Å². The summed E-state index contributed by atoms with van der Waals surface area (Å²) in [7, 11) is 2.94. The predicted molar refractivity (Wildman–Crippen MR) is 80.8 cm³/mol. The molecule has 4 heteroatoms. The first-order chi connectivity index (χ1) is 10.2. The molecule has 0 bridgehead atoms. The van der Waals surface area contributed by atoms with Gasteiger partial charge in [0.2, 0.25) is 0 Å². The van der Waals surface area contributed by atoms with E-state index in [0.29, 0.717) is 0 Å². The zero-order valence-electron chi connectivity index (χ0n) is 12.6. The van der Waals surface area contributed by atoms with Crippen LogP contribution in [0.2, 0.25) is 0 Å². The molecular weight excluding hydrogens is 268 g/mol. The number of carbonyl (C=O) groups is 1. The zero-order valence-corrected chi connectivity index (χ0v) is 12.6. The lowest BCUT2D eigenvalue weighted by atomic mass is 10.1. The molecule has 1 aromatic rings. The Hall–Kier alpha value is -2.41. The van der Waals surface area contributed by atoms with E-state index in [9.17, 15) is 4.79 Å². The van der Waals surface area contributed by atoms with Crippen molar-refractivity contribution in [3.8, 4) is 17.6 Å². The SMILES string of the molecule is CCCC(C#Cc1ccc(OC)cc1)O/C=C/C(=O)OC. The number of rotatable bonds is 6. The van der Waals surface area contributed by atoms with Gasteiger partial charge in [0.05, 0.1) is 26.6 Å². The van der Waals surface area contributed by atoms with Crippen molar-refractivity contribution in [3.05, 3.63) is 42.2 Å². The molecule has 21 heavy (non-hydrogen) atoms. The van der Waals surface area contributed by atoms with Crippen LogP contribution in [0, 0.1) is 11.8 Å². The first kappa shape index (κ1) is 16.6. The lowest BCUT2D eigenvalue weighted by Gasteiger charge is -2.08. The molecule has 0 fully saturated rings. The number of methoxy groups -OCH3 is 2. The minimum absolute atomic E-state index is 0.252. The van der Waals surface area contributed by atoms with Crippen LogP contribution in [-0.4, -0.2) is 26.3 Å². The molecule has 0 radical (unpaired) electrons. The number of hydrogen-bond donors (Lipinski definition) is 0. The van der Waals surface area contributed by atoms with Gasteiger partial charge in [-0.2, -0.15) is 0 Å². The topological polar surface area (TPSA) is 44.8 Å². The molecule has 1 aromatic carbocycles. The molecule has 0 saturated heterocycles. The molecule has 1 rings (SSSR count). The summed E-state index contributed by atoms with van der Waals surface area (Å²) in [6.07, 6.45) is 4.04. The summed E-state index contributed by atoms with van der Waals surface area (Å²) < 4.78 is 15.0. The summed E-state index contributed by atoms with van der Waals surface area (Å²) in [6, 6.07) is 7.49. The third kappa shape index (κ3) is 6.53. The summed E-state index contributed by atoms with van der Waals surface area (Å²) >= 11 is 0. The van der Waals surface area contributed by atoms with Crippen LogP contribution in [0.3, 0.4) is 0 Å². The van der Waals surface area contributed by atoms with Crippen molar-refractivity contribution in [1.82, 2.24) is 0 Å². The van der Waals surface area contributed by atoms with Crippen LogP contribution in [0.25, 0.3) is 0 Å². The smallest absolute Gasteiger partial charge is 0.333 e. The van der Waals surface area contributed by atoms with E-state index in [1.165, 1.54) is 19.4 Å². The minimum Gasteiger partial charge on any atom is -0.497 e. The maximum Gasteiger partial charge on any atom is 0.333 e. The highest BCUT2D eigenvalue weighted by molar-refractivity contribution is 5.81. The second-order valence-corrected chi connectivity index (χ2v) is 4.24. The zero-order chi connectivity index (χ0) is 15.5. The lowest BCUT2D eigenvalue weighted by Crippen LogP contribution is -2.06. The Kier molecular flexibility index (Phi) is 7.52. The second kappa shape index (κ2) is 9.49. The van der Waals surface area contributed by atoms with Crippen molar-refractivity contribution in [3.63, 3.8) is 0 Å². The molecule has 1 unspecified atom stereocenters. The Labute approximate surface area is 125 Å². The van der Waals surface area contributed by atoms with Gasteiger partial charge >= 0.3 is 5.97 Å². The standard InChI is InChI=1S/C17H20O4/c1-4-5-16(21-13-12-17(18)20-3)11-8-14-6-9-15(19-2)10-7-14/h6-7,9-10,12-13,16H,4-5H2,1-3H3/b13-12+. The van der Waals surface area contributed by atoms with Gasteiger partial charge in [-0.1, -0.05) is 25.2 Å². The number of esters is 1. The lowest BCUT2D eigenvalue weighted by molar-refractivity contribution is -0.135. The van der Waals surface area contributed by atoms with Crippen LogP contribution in [0.15, 0.2) is 36.6 Å². The van der Waals surface area contributed by atoms with Crippen LogP contribution in [-0.2, 0) is 14.3 Å². The Balaban J connectivity index is 2.66. The van der Waals surface area contributed by atoms with Crippen LogP contribution < -0.4 is 4.74 Å². The molecule has 0 aliphatic heterocycles. The van der Waals surface area contributed by atoms with Crippen molar-refractivity contribution in [2.24, 2.45) is 0 Å². The minimum atomic E-state index is -0.451. The van der Waals surface area contributed by atoms with E-state index < -0.39 is 5.97 Å². The largest absolute Gasteiger partial charge is 0.497 e. The van der Waals surface area contributed by atoms with Crippen molar-refractivity contribution in [1.29, 1.82) is 0 Å². The average Bonchev–Trinajstić information content (AvgIpc) is 2.52. The van der Waals surface area contributed by atoms with E-state index in [4.69, 9.17) is 9.47 Å². The Morgan fingerprint density at radius 2 is 2.00 bits per heavy atom. The number of hydrogen-bond acceptors (Lipinski definition) is 4. The van der Waals surface area contributed by atoms with Crippen molar-refractivity contribution < 1.29 is 19.0 Å². The fraction of sp³-hybridized carbons (Fsp3) is 0.353. The summed E-state index contributed by atoms with van der Waals surface area (Å²) in [6.45, 7) is 2.05.